The van der Waals surface area contributed by atoms with Gasteiger partial charge in [-0.2, -0.15) is 0 Å². The van der Waals surface area contributed by atoms with Crippen LogP contribution in [0.5, 0.6) is 5.75 Å². The van der Waals surface area contributed by atoms with Crippen molar-refractivity contribution < 1.29 is 9.53 Å². The monoisotopic (exact) mass is 384 g/mol. The number of nitrogens with zero attached hydrogens (tertiary/aromatic N) is 1. The fraction of sp³-hybridized carbons (Fsp3) is 0.409. The van der Waals surface area contributed by atoms with Gasteiger partial charge >= 0.3 is 0 Å². The summed E-state index contributed by atoms with van der Waals surface area (Å²) in [7, 11) is 1.68. The first-order valence-corrected chi connectivity index (χ1v) is 10.7. The second-order valence-corrected chi connectivity index (χ2v) is 7.70. The van der Waals surface area contributed by atoms with Gasteiger partial charge < -0.3 is 10.1 Å². The van der Waals surface area contributed by atoms with Gasteiger partial charge in [-0.05, 0) is 74.1 Å². The second kappa shape index (κ2) is 9.81. The summed E-state index contributed by atoms with van der Waals surface area (Å²) in [6.45, 7) is 2.76. The molecule has 1 amide bonds. The van der Waals surface area contributed by atoms with E-state index >= 15 is 0 Å². The topological polar surface area (TPSA) is 41.6 Å². The number of hydrogen-bond donors (Lipinski definition) is 1. The van der Waals surface area contributed by atoms with E-state index in [-0.39, 0.29) is 11.9 Å². The van der Waals surface area contributed by atoms with Crippen LogP contribution in [0.4, 0.5) is 0 Å². The fourth-order valence-corrected chi connectivity index (χ4v) is 3.96. The maximum Gasteiger partial charge on any atom is 0.251 e. The number of benzene rings is 2. The number of amides is 1. The molecule has 1 heterocycles. The van der Waals surface area contributed by atoms with Crippen LogP contribution < -0.4 is 10.1 Å². The molecule has 1 saturated heterocycles. The first-order valence-electron chi connectivity index (χ1n) is 9.51. The summed E-state index contributed by atoms with van der Waals surface area (Å²) in [5.41, 5.74) is 1.93. The fourth-order valence-electron chi connectivity index (χ4n) is 3.55. The number of hydrogen-bond acceptors (Lipinski definition) is 4. The molecule has 27 heavy (non-hydrogen) atoms. The van der Waals surface area contributed by atoms with Crippen molar-refractivity contribution in [3.63, 3.8) is 0 Å². The predicted molar refractivity (Wildman–Crippen MR) is 112 cm³/mol. The van der Waals surface area contributed by atoms with Crippen LogP contribution in [0, 0.1) is 0 Å². The molecule has 0 aromatic heterocycles. The first kappa shape index (κ1) is 19.8. The van der Waals surface area contributed by atoms with Gasteiger partial charge in [0.15, 0.2) is 0 Å². The zero-order valence-electron chi connectivity index (χ0n) is 16.1. The molecule has 3 rings (SSSR count). The van der Waals surface area contributed by atoms with Crippen LogP contribution >= 0.6 is 11.8 Å². The van der Waals surface area contributed by atoms with E-state index in [4.69, 9.17) is 4.74 Å². The summed E-state index contributed by atoms with van der Waals surface area (Å²) in [5, 5.41) is 3.14. The van der Waals surface area contributed by atoms with Crippen molar-refractivity contribution in [3.05, 3.63) is 59.7 Å². The number of ether oxygens (including phenoxy) is 1. The molecule has 5 heteroatoms. The molecular weight excluding hydrogens is 356 g/mol. The van der Waals surface area contributed by atoms with Crippen LogP contribution in [0.3, 0.4) is 0 Å². The average Bonchev–Trinajstić information content (AvgIpc) is 2.75. The number of rotatable bonds is 7. The Morgan fingerprint density at radius 3 is 2.33 bits per heavy atom. The molecule has 0 aliphatic carbocycles. The lowest BCUT2D eigenvalue weighted by Gasteiger charge is -2.35. The van der Waals surface area contributed by atoms with E-state index in [9.17, 15) is 4.79 Å². The third-order valence-electron chi connectivity index (χ3n) is 5.14. The van der Waals surface area contributed by atoms with Gasteiger partial charge in [0.05, 0.1) is 13.2 Å². The van der Waals surface area contributed by atoms with Gasteiger partial charge in [-0.1, -0.05) is 18.6 Å². The molecule has 2 aromatic rings. The third kappa shape index (κ3) is 5.27. The van der Waals surface area contributed by atoms with Gasteiger partial charge in [0.25, 0.3) is 5.91 Å². The van der Waals surface area contributed by atoms with Crippen LogP contribution in [0.15, 0.2) is 53.4 Å². The lowest BCUT2D eigenvalue weighted by molar-refractivity contribution is 0.0924. The molecule has 0 radical (unpaired) electrons. The Hall–Kier alpha value is -1.98. The highest BCUT2D eigenvalue weighted by atomic mass is 32.2. The van der Waals surface area contributed by atoms with Gasteiger partial charge in [-0.15, -0.1) is 11.8 Å². The number of nitrogens with one attached hydrogen (secondary N) is 1. The van der Waals surface area contributed by atoms with E-state index in [1.807, 2.05) is 42.7 Å². The Balaban J connectivity index is 1.70. The van der Waals surface area contributed by atoms with E-state index in [0.717, 1.165) is 23.7 Å². The van der Waals surface area contributed by atoms with Crippen LogP contribution in [-0.4, -0.2) is 43.8 Å². The van der Waals surface area contributed by atoms with E-state index in [1.54, 1.807) is 18.9 Å². The van der Waals surface area contributed by atoms with Gasteiger partial charge in [0.1, 0.15) is 5.75 Å². The van der Waals surface area contributed by atoms with Crippen LogP contribution in [0.2, 0.25) is 0 Å². The van der Waals surface area contributed by atoms with Crippen molar-refractivity contribution in [1.82, 2.24) is 10.2 Å². The molecule has 1 unspecified atom stereocenters. The highest BCUT2D eigenvalue weighted by Crippen LogP contribution is 2.26. The van der Waals surface area contributed by atoms with Gasteiger partial charge in [0, 0.05) is 17.0 Å². The summed E-state index contributed by atoms with van der Waals surface area (Å²) in [6.07, 6.45) is 5.76. The summed E-state index contributed by atoms with van der Waals surface area (Å²) in [4.78, 5) is 16.3. The lowest BCUT2D eigenvalue weighted by atomic mass is 10.0. The number of thioether (sulfide) groups is 1. The minimum atomic E-state index is -0.0156. The van der Waals surface area contributed by atoms with Crippen molar-refractivity contribution in [2.45, 2.75) is 30.2 Å². The summed E-state index contributed by atoms with van der Waals surface area (Å²) in [5.74, 6) is 0.840. The van der Waals surface area contributed by atoms with Crippen molar-refractivity contribution in [3.8, 4) is 5.75 Å². The van der Waals surface area contributed by atoms with Crippen molar-refractivity contribution in [2.24, 2.45) is 0 Å². The molecule has 1 fully saturated rings. The number of methoxy groups -OCH3 is 1. The quantitative estimate of drug-likeness (QED) is 0.720. The number of carbonyl (C=O) groups is 1. The molecule has 0 spiro atoms. The number of carbonyl (C=O) groups excluding carboxylic acids is 1. The number of likely N-dealkylation sites (tertiary alicyclic amines) is 1. The zero-order chi connectivity index (χ0) is 19.1. The van der Waals surface area contributed by atoms with Crippen LogP contribution in [0.25, 0.3) is 0 Å². The molecule has 1 atom stereocenters. The first-order chi connectivity index (χ1) is 13.2. The van der Waals surface area contributed by atoms with Gasteiger partial charge in [-0.25, -0.2) is 0 Å². The van der Waals surface area contributed by atoms with E-state index in [2.05, 4.69) is 22.3 Å². The molecule has 1 aliphatic heterocycles. The average molecular weight is 385 g/mol. The summed E-state index contributed by atoms with van der Waals surface area (Å²) in [6, 6.07) is 16.2. The molecular formula is C22H28N2O2S. The summed E-state index contributed by atoms with van der Waals surface area (Å²) >= 11 is 1.68. The molecule has 4 nitrogen and oxygen atoms in total. The Morgan fingerprint density at radius 1 is 1.07 bits per heavy atom. The maximum atomic E-state index is 12.6. The molecule has 2 aromatic carbocycles. The van der Waals surface area contributed by atoms with Crippen LogP contribution in [0.1, 0.15) is 41.2 Å². The molecule has 1 aliphatic rings. The minimum absolute atomic E-state index is 0.0156. The van der Waals surface area contributed by atoms with Crippen molar-refractivity contribution >= 4 is 17.7 Å². The predicted octanol–water partition coefficient (Wildman–Crippen LogP) is 4.37. The van der Waals surface area contributed by atoms with E-state index in [1.165, 1.54) is 24.8 Å². The lowest BCUT2D eigenvalue weighted by Crippen LogP contribution is -2.40. The molecule has 1 N–H and O–H groups in total. The Kier molecular flexibility index (Phi) is 7.18. The second-order valence-electron chi connectivity index (χ2n) is 6.82. The normalized spacial score (nSPS) is 15.9. The Labute approximate surface area is 166 Å². The highest BCUT2D eigenvalue weighted by molar-refractivity contribution is 7.98. The van der Waals surface area contributed by atoms with Gasteiger partial charge in [-0.3, -0.25) is 9.69 Å². The smallest absolute Gasteiger partial charge is 0.251 e. The maximum absolute atomic E-state index is 12.6. The van der Waals surface area contributed by atoms with Gasteiger partial charge in [0.2, 0.25) is 0 Å². The van der Waals surface area contributed by atoms with Crippen molar-refractivity contribution in [1.29, 1.82) is 0 Å². The SMILES string of the molecule is COc1ccc(C(CNC(=O)c2ccc(SC)cc2)N2CCCCC2)cc1. The standard InChI is InChI=1S/C22H28N2O2S/c1-26-19-10-6-17(7-11-19)21(24-14-4-3-5-15-24)16-23-22(25)18-8-12-20(27-2)13-9-18/h6-13,21H,3-5,14-16H2,1-2H3,(H,23,25). The highest BCUT2D eigenvalue weighted by Gasteiger charge is 2.23. The largest absolute Gasteiger partial charge is 0.497 e. The van der Waals surface area contributed by atoms with E-state index < -0.39 is 0 Å². The molecule has 144 valence electrons. The Bertz CT molecular complexity index is 725. The zero-order valence-corrected chi connectivity index (χ0v) is 16.9. The van der Waals surface area contributed by atoms with Crippen molar-refractivity contribution in [2.75, 3.05) is 33.0 Å². The Morgan fingerprint density at radius 2 is 1.74 bits per heavy atom. The number of piperidine rings is 1. The van der Waals surface area contributed by atoms with Crippen LogP contribution in [-0.2, 0) is 0 Å². The minimum Gasteiger partial charge on any atom is -0.497 e. The third-order valence-corrected chi connectivity index (χ3v) is 5.88. The van der Waals surface area contributed by atoms with E-state index in [0.29, 0.717) is 12.1 Å². The molecule has 0 saturated carbocycles. The molecule has 0 bridgehead atoms. The summed E-state index contributed by atoms with van der Waals surface area (Å²) < 4.78 is 5.28.